The van der Waals surface area contributed by atoms with Crippen LogP contribution >= 0.6 is 0 Å². The van der Waals surface area contributed by atoms with Gasteiger partial charge in [0.1, 0.15) is 29.4 Å². The third-order valence-corrected chi connectivity index (χ3v) is 4.22. The van der Waals surface area contributed by atoms with E-state index in [-0.39, 0.29) is 11.8 Å². The molecular weight excluding hydrogens is 278 g/mol. The van der Waals surface area contributed by atoms with Crippen molar-refractivity contribution >= 4 is 17.5 Å². The fraction of sp³-hybridized carbons (Fsp3) is 0.467. The van der Waals surface area contributed by atoms with Crippen LogP contribution in [0.5, 0.6) is 0 Å². The van der Waals surface area contributed by atoms with Gasteiger partial charge >= 0.3 is 0 Å². The van der Waals surface area contributed by atoms with Gasteiger partial charge in [-0.2, -0.15) is 0 Å². The maximum atomic E-state index is 14.0. The van der Waals surface area contributed by atoms with Gasteiger partial charge < -0.3 is 4.90 Å². The highest BCUT2D eigenvalue weighted by Crippen LogP contribution is 2.34. The van der Waals surface area contributed by atoms with Crippen LogP contribution in [-0.4, -0.2) is 35.3 Å². The Labute approximate surface area is 121 Å². The van der Waals surface area contributed by atoms with Gasteiger partial charge in [0.25, 0.3) is 5.91 Å². The zero-order valence-corrected chi connectivity index (χ0v) is 11.7. The normalized spacial score (nSPS) is 25.5. The van der Waals surface area contributed by atoms with E-state index < -0.39 is 29.4 Å². The quantitative estimate of drug-likeness (QED) is 0.838. The van der Waals surface area contributed by atoms with Crippen LogP contribution in [0, 0.1) is 11.6 Å². The molecule has 2 atom stereocenters. The summed E-state index contributed by atoms with van der Waals surface area (Å²) in [4.78, 5) is 27.7. The minimum absolute atomic E-state index is 0.220. The molecule has 2 heterocycles. The molecule has 0 radical (unpaired) electrons. The first-order valence-electron chi connectivity index (χ1n) is 7.13. The lowest BCUT2D eigenvalue weighted by atomic mass is 10.0. The minimum atomic E-state index is -0.835. The molecule has 2 unspecified atom stereocenters. The molecule has 2 fully saturated rings. The number of piperazine rings is 1. The maximum absolute atomic E-state index is 14.0. The van der Waals surface area contributed by atoms with E-state index in [4.69, 9.17) is 0 Å². The van der Waals surface area contributed by atoms with Crippen molar-refractivity contribution in [2.75, 3.05) is 11.4 Å². The fourth-order valence-electron chi connectivity index (χ4n) is 3.25. The summed E-state index contributed by atoms with van der Waals surface area (Å²) < 4.78 is 28.1. The Balaban J connectivity index is 2.10. The number of nitrogens with zero attached hydrogens (tertiary/aromatic N) is 2. The van der Waals surface area contributed by atoms with E-state index >= 15 is 0 Å². The maximum Gasteiger partial charge on any atom is 0.250 e. The first-order valence-corrected chi connectivity index (χ1v) is 7.13. The molecule has 0 saturated carbocycles. The molecule has 2 amide bonds. The summed E-state index contributed by atoms with van der Waals surface area (Å²) in [6, 6.07) is 2.03. The molecule has 4 nitrogen and oxygen atoms in total. The molecule has 0 aliphatic carbocycles. The summed E-state index contributed by atoms with van der Waals surface area (Å²) in [6.07, 6.45) is 1.61. The van der Waals surface area contributed by atoms with E-state index in [1.165, 1.54) is 6.07 Å². The number of carbonyl (C=O) groups is 2. The Bertz CT molecular complexity index is 585. The highest BCUT2D eigenvalue weighted by molar-refractivity contribution is 6.08. The van der Waals surface area contributed by atoms with Crippen LogP contribution in [-0.2, 0) is 9.59 Å². The molecule has 112 valence electrons. The zero-order chi connectivity index (χ0) is 15.1. The van der Waals surface area contributed by atoms with E-state index in [0.717, 1.165) is 23.5 Å². The highest BCUT2D eigenvalue weighted by Gasteiger charge is 2.48. The average Bonchev–Trinajstić information content (AvgIpc) is 2.94. The van der Waals surface area contributed by atoms with Crippen LogP contribution in [0.1, 0.15) is 26.2 Å². The van der Waals surface area contributed by atoms with Crippen LogP contribution in [0.4, 0.5) is 14.5 Å². The van der Waals surface area contributed by atoms with E-state index in [0.29, 0.717) is 19.4 Å². The molecular formula is C15H16F2N2O2. The predicted octanol–water partition coefficient (Wildman–Crippen LogP) is 2.08. The Kier molecular flexibility index (Phi) is 3.39. The fourth-order valence-corrected chi connectivity index (χ4v) is 3.25. The lowest BCUT2D eigenvalue weighted by Crippen LogP contribution is -2.63. The summed E-state index contributed by atoms with van der Waals surface area (Å²) in [5.41, 5.74) is -0.408. The van der Waals surface area contributed by atoms with Crippen molar-refractivity contribution in [3.63, 3.8) is 0 Å². The molecule has 6 heteroatoms. The molecule has 1 aromatic carbocycles. The van der Waals surface area contributed by atoms with Crippen molar-refractivity contribution in [2.24, 2.45) is 0 Å². The van der Waals surface area contributed by atoms with Gasteiger partial charge in [-0.3, -0.25) is 14.5 Å². The lowest BCUT2D eigenvalue weighted by Gasteiger charge is -2.42. The molecule has 2 aliphatic heterocycles. The second-order valence-electron chi connectivity index (χ2n) is 5.39. The second kappa shape index (κ2) is 5.09. The van der Waals surface area contributed by atoms with Gasteiger partial charge in [-0.1, -0.05) is 13.0 Å². The SMILES string of the molecule is CCC1C(=O)N2CCCC2C(=O)N1c1c(F)cccc1F. The molecule has 0 bridgehead atoms. The number of anilines is 1. The van der Waals surface area contributed by atoms with Crippen LogP contribution in [0.15, 0.2) is 18.2 Å². The van der Waals surface area contributed by atoms with Crippen LogP contribution < -0.4 is 4.90 Å². The number of fused-ring (bicyclic) bond motifs is 1. The van der Waals surface area contributed by atoms with Crippen molar-refractivity contribution in [3.05, 3.63) is 29.8 Å². The van der Waals surface area contributed by atoms with Crippen molar-refractivity contribution in [3.8, 4) is 0 Å². The topological polar surface area (TPSA) is 40.6 Å². The Morgan fingerprint density at radius 2 is 1.86 bits per heavy atom. The first-order chi connectivity index (χ1) is 10.1. The Morgan fingerprint density at radius 3 is 2.48 bits per heavy atom. The molecule has 1 aromatic rings. The largest absolute Gasteiger partial charge is 0.329 e. The van der Waals surface area contributed by atoms with Gasteiger partial charge in [-0.15, -0.1) is 0 Å². The monoisotopic (exact) mass is 294 g/mol. The first kappa shape index (κ1) is 14.0. The number of hydrogen-bond donors (Lipinski definition) is 0. The van der Waals surface area contributed by atoms with Crippen LogP contribution in [0.3, 0.4) is 0 Å². The second-order valence-corrected chi connectivity index (χ2v) is 5.39. The van der Waals surface area contributed by atoms with Gasteiger partial charge in [-0.25, -0.2) is 8.78 Å². The smallest absolute Gasteiger partial charge is 0.250 e. The van der Waals surface area contributed by atoms with E-state index in [1.54, 1.807) is 11.8 Å². The molecule has 0 spiro atoms. The number of halogens is 2. The number of para-hydroxylation sites is 1. The molecule has 0 aromatic heterocycles. The highest BCUT2D eigenvalue weighted by atomic mass is 19.1. The Hall–Kier alpha value is -1.98. The van der Waals surface area contributed by atoms with Gasteiger partial charge in [0.05, 0.1) is 0 Å². The number of hydrogen-bond acceptors (Lipinski definition) is 2. The number of amides is 2. The third kappa shape index (κ3) is 2.01. The number of benzene rings is 1. The van der Waals surface area contributed by atoms with E-state index in [1.807, 2.05) is 0 Å². The van der Waals surface area contributed by atoms with Gasteiger partial charge in [-0.05, 0) is 31.4 Å². The minimum Gasteiger partial charge on any atom is -0.329 e. The van der Waals surface area contributed by atoms with Gasteiger partial charge in [0.2, 0.25) is 5.91 Å². The summed E-state index contributed by atoms with van der Waals surface area (Å²) in [5, 5.41) is 0. The van der Waals surface area contributed by atoms with Crippen molar-refractivity contribution < 1.29 is 18.4 Å². The van der Waals surface area contributed by atoms with Crippen LogP contribution in [0.2, 0.25) is 0 Å². The average molecular weight is 294 g/mol. The Morgan fingerprint density at radius 1 is 1.19 bits per heavy atom. The number of rotatable bonds is 2. The zero-order valence-electron chi connectivity index (χ0n) is 11.7. The van der Waals surface area contributed by atoms with E-state index in [2.05, 4.69) is 0 Å². The summed E-state index contributed by atoms with van der Waals surface area (Å²) in [5.74, 6) is -2.24. The molecule has 3 rings (SSSR count). The third-order valence-electron chi connectivity index (χ3n) is 4.22. The van der Waals surface area contributed by atoms with Gasteiger partial charge in [0.15, 0.2) is 0 Å². The lowest BCUT2D eigenvalue weighted by molar-refractivity contribution is -0.144. The van der Waals surface area contributed by atoms with Crippen molar-refractivity contribution in [2.45, 2.75) is 38.3 Å². The standard InChI is InChI=1S/C15H16F2N2O2/c1-2-11-14(20)18-8-4-7-12(18)15(21)19(11)13-9(16)5-3-6-10(13)17/h3,5-6,11-12H,2,4,7-8H2,1H3. The van der Waals surface area contributed by atoms with Crippen LogP contribution in [0.25, 0.3) is 0 Å². The predicted molar refractivity (Wildman–Crippen MR) is 72.7 cm³/mol. The van der Waals surface area contributed by atoms with Crippen molar-refractivity contribution in [1.82, 2.24) is 4.90 Å². The van der Waals surface area contributed by atoms with E-state index in [9.17, 15) is 18.4 Å². The molecule has 2 saturated heterocycles. The number of carbonyl (C=O) groups excluding carboxylic acids is 2. The summed E-state index contributed by atoms with van der Waals surface area (Å²) >= 11 is 0. The van der Waals surface area contributed by atoms with Gasteiger partial charge in [0, 0.05) is 6.54 Å². The summed E-state index contributed by atoms with van der Waals surface area (Å²) in [7, 11) is 0. The molecule has 21 heavy (non-hydrogen) atoms. The van der Waals surface area contributed by atoms with Crippen molar-refractivity contribution in [1.29, 1.82) is 0 Å². The molecule has 2 aliphatic rings. The molecule has 0 N–H and O–H groups in total. The summed E-state index contributed by atoms with van der Waals surface area (Å²) in [6.45, 7) is 2.28.